The number of benzene rings is 4. The van der Waals surface area contributed by atoms with Crippen molar-refractivity contribution >= 4 is 50.1 Å². The molecule has 0 atom stereocenters. The monoisotopic (exact) mass is 414 g/mol. The van der Waals surface area contributed by atoms with Crippen LogP contribution in [0.1, 0.15) is 21.5 Å². The molecule has 0 unspecified atom stereocenters. The Balaban J connectivity index is 1.78. The normalized spacial score (nSPS) is 11.4. The summed E-state index contributed by atoms with van der Waals surface area (Å²) in [5.74, 6) is -0.286. The van der Waals surface area contributed by atoms with Crippen molar-refractivity contribution in [1.82, 2.24) is 0 Å². The number of phenolic OH excluding ortho intramolecular Hbond substituents is 1. The number of carbonyl (C=O) groups is 1. The van der Waals surface area contributed by atoms with E-state index >= 15 is 0 Å². The van der Waals surface area contributed by atoms with E-state index in [2.05, 4.69) is 0 Å². The molecule has 5 aromatic rings. The summed E-state index contributed by atoms with van der Waals surface area (Å²) in [5.41, 5.74) is 1.75. The van der Waals surface area contributed by atoms with E-state index in [1.807, 2.05) is 36.4 Å². The number of aromatic hydroxyl groups is 1. The number of ketones is 1. The van der Waals surface area contributed by atoms with Gasteiger partial charge in [0.1, 0.15) is 22.3 Å². The third-order valence-electron chi connectivity index (χ3n) is 5.25. The molecular weight excluding hydrogens is 400 g/mol. The third-order valence-corrected chi connectivity index (χ3v) is 5.56. The molecule has 0 saturated carbocycles. The zero-order chi connectivity index (χ0) is 20.8. The highest BCUT2D eigenvalue weighted by Gasteiger charge is 2.18. The minimum absolute atomic E-state index is 0.0591. The molecule has 0 amide bonds. The molecule has 5 heteroatoms. The van der Waals surface area contributed by atoms with Gasteiger partial charge in [-0.05, 0) is 35.2 Å². The van der Waals surface area contributed by atoms with Crippen LogP contribution in [0.5, 0.6) is 5.75 Å². The Kier molecular flexibility index (Phi) is 4.30. The Morgan fingerprint density at radius 1 is 0.900 bits per heavy atom. The fourth-order valence-corrected chi connectivity index (χ4v) is 3.95. The lowest BCUT2D eigenvalue weighted by molar-refractivity contribution is 0.103. The van der Waals surface area contributed by atoms with Crippen molar-refractivity contribution in [2.24, 2.45) is 0 Å². The van der Waals surface area contributed by atoms with Crippen LogP contribution in [0, 0.1) is 0 Å². The summed E-state index contributed by atoms with van der Waals surface area (Å²) in [6, 6.07) is 20.9. The van der Waals surface area contributed by atoms with E-state index in [0.717, 1.165) is 16.3 Å². The number of rotatable bonds is 3. The van der Waals surface area contributed by atoms with E-state index in [1.54, 1.807) is 24.3 Å². The van der Waals surface area contributed by atoms with Crippen molar-refractivity contribution in [3.8, 4) is 5.75 Å². The summed E-state index contributed by atoms with van der Waals surface area (Å²) in [5, 5.41) is 12.7. The van der Waals surface area contributed by atoms with Crippen molar-refractivity contribution in [3.63, 3.8) is 0 Å². The average Bonchev–Trinajstić information content (AvgIpc) is 2.78. The third kappa shape index (κ3) is 2.85. The second-order valence-corrected chi connectivity index (χ2v) is 7.39. The van der Waals surface area contributed by atoms with Crippen LogP contribution in [-0.4, -0.2) is 10.9 Å². The molecule has 0 radical (unpaired) electrons. The van der Waals surface area contributed by atoms with Crippen LogP contribution in [0.2, 0.25) is 0 Å². The summed E-state index contributed by atoms with van der Waals surface area (Å²) in [6.45, 7) is 0. The van der Waals surface area contributed by atoms with Gasteiger partial charge in [-0.25, -0.2) is 0 Å². The molecule has 1 N–H and O–H groups in total. The first-order chi connectivity index (χ1) is 14.6. The van der Waals surface area contributed by atoms with Crippen LogP contribution < -0.4 is 5.43 Å². The molecule has 4 aromatic carbocycles. The summed E-state index contributed by atoms with van der Waals surface area (Å²) in [6.07, 6.45) is 0. The lowest BCUT2D eigenvalue weighted by atomic mass is 9.99. The minimum Gasteiger partial charge on any atom is -0.507 e. The van der Waals surface area contributed by atoms with Crippen molar-refractivity contribution in [1.29, 1.82) is 0 Å². The fourth-order valence-electron chi connectivity index (χ4n) is 3.78. The van der Waals surface area contributed by atoms with E-state index in [0.29, 0.717) is 16.5 Å². The SMILES string of the molecule is O=C(c1cccc(CCl)c1)c1cc(O)c2c(=O)c3ccc4ccccc4c3oc2c1. The first-order valence-electron chi connectivity index (χ1n) is 9.38. The second-order valence-electron chi connectivity index (χ2n) is 7.13. The van der Waals surface area contributed by atoms with E-state index in [9.17, 15) is 14.7 Å². The first kappa shape index (κ1) is 18.4. The first-order valence-corrected chi connectivity index (χ1v) is 9.91. The highest BCUT2D eigenvalue weighted by Crippen LogP contribution is 2.31. The van der Waals surface area contributed by atoms with Crippen LogP contribution >= 0.6 is 11.6 Å². The van der Waals surface area contributed by atoms with Gasteiger partial charge in [-0.1, -0.05) is 48.5 Å². The Morgan fingerprint density at radius 2 is 1.73 bits per heavy atom. The van der Waals surface area contributed by atoms with Crippen LogP contribution in [0.15, 0.2) is 82.0 Å². The van der Waals surface area contributed by atoms with Gasteiger partial charge < -0.3 is 9.52 Å². The van der Waals surface area contributed by atoms with Crippen LogP contribution in [0.3, 0.4) is 0 Å². The van der Waals surface area contributed by atoms with Gasteiger partial charge in [0.2, 0.25) is 5.43 Å². The fraction of sp³-hybridized carbons (Fsp3) is 0.0400. The van der Waals surface area contributed by atoms with Crippen molar-refractivity contribution in [2.45, 2.75) is 5.88 Å². The molecule has 0 saturated heterocycles. The Morgan fingerprint density at radius 3 is 2.57 bits per heavy atom. The van der Waals surface area contributed by atoms with Gasteiger partial charge in [0.05, 0.1) is 5.39 Å². The molecule has 0 aliphatic heterocycles. The topological polar surface area (TPSA) is 67.5 Å². The number of alkyl halides is 1. The van der Waals surface area contributed by atoms with Gasteiger partial charge in [0.15, 0.2) is 5.78 Å². The van der Waals surface area contributed by atoms with Crippen LogP contribution in [-0.2, 0) is 5.88 Å². The highest BCUT2D eigenvalue weighted by atomic mass is 35.5. The largest absolute Gasteiger partial charge is 0.507 e. The molecule has 0 aliphatic rings. The quantitative estimate of drug-likeness (QED) is 0.176. The maximum Gasteiger partial charge on any atom is 0.204 e. The van der Waals surface area contributed by atoms with Gasteiger partial charge in [0, 0.05) is 22.4 Å². The van der Waals surface area contributed by atoms with Crippen molar-refractivity contribution in [3.05, 3.63) is 99.7 Å². The number of carbonyl (C=O) groups excluding carboxylic acids is 1. The summed E-state index contributed by atoms with van der Waals surface area (Å²) >= 11 is 5.87. The molecule has 0 aliphatic carbocycles. The van der Waals surface area contributed by atoms with Gasteiger partial charge >= 0.3 is 0 Å². The number of hydrogen-bond acceptors (Lipinski definition) is 4. The zero-order valence-electron chi connectivity index (χ0n) is 15.7. The van der Waals surface area contributed by atoms with Crippen LogP contribution in [0.25, 0.3) is 32.7 Å². The summed E-state index contributed by atoms with van der Waals surface area (Å²) in [4.78, 5) is 26.1. The molecular formula is C25H15ClO4. The Labute approximate surface area is 175 Å². The van der Waals surface area contributed by atoms with Crippen LogP contribution in [0.4, 0.5) is 0 Å². The zero-order valence-corrected chi connectivity index (χ0v) is 16.4. The molecule has 1 aromatic heterocycles. The maximum atomic E-state index is 13.1. The molecule has 0 bridgehead atoms. The average molecular weight is 415 g/mol. The smallest absolute Gasteiger partial charge is 0.204 e. The van der Waals surface area contributed by atoms with E-state index < -0.39 is 0 Å². The van der Waals surface area contributed by atoms with E-state index in [1.165, 1.54) is 12.1 Å². The number of fused-ring (bicyclic) bond motifs is 4. The van der Waals surface area contributed by atoms with Crippen molar-refractivity contribution in [2.75, 3.05) is 0 Å². The highest BCUT2D eigenvalue weighted by molar-refractivity contribution is 6.17. The molecule has 0 fully saturated rings. The number of hydrogen-bond donors (Lipinski definition) is 1. The molecule has 1 heterocycles. The van der Waals surface area contributed by atoms with Gasteiger partial charge in [-0.2, -0.15) is 0 Å². The van der Waals surface area contributed by atoms with Gasteiger partial charge in [0.25, 0.3) is 0 Å². The molecule has 4 nitrogen and oxygen atoms in total. The lowest BCUT2D eigenvalue weighted by Crippen LogP contribution is -2.06. The molecule has 5 rings (SSSR count). The predicted octanol–water partition coefficient (Wildman–Crippen LogP) is 5.77. The standard InChI is InChI=1S/C25H15ClO4/c26-13-14-4-3-6-16(10-14)23(28)17-11-20(27)22-21(12-17)30-25-18-7-2-1-5-15(18)8-9-19(25)24(22)29/h1-12,27H,13H2. The van der Waals surface area contributed by atoms with Crippen molar-refractivity contribution < 1.29 is 14.3 Å². The Hall–Kier alpha value is -3.63. The predicted molar refractivity (Wildman–Crippen MR) is 119 cm³/mol. The van der Waals surface area contributed by atoms with Gasteiger partial charge in [-0.3, -0.25) is 9.59 Å². The second kappa shape index (κ2) is 7.01. The number of halogens is 1. The van der Waals surface area contributed by atoms with E-state index in [4.69, 9.17) is 16.0 Å². The number of phenols is 1. The molecule has 30 heavy (non-hydrogen) atoms. The molecule has 0 spiro atoms. The summed E-state index contributed by atoms with van der Waals surface area (Å²) in [7, 11) is 0. The maximum absolute atomic E-state index is 13.1. The lowest BCUT2D eigenvalue weighted by Gasteiger charge is -2.09. The summed E-state index contributed by atoms with van der Waals surface area (Å²) < 4.78 is 6.06. The Bertz CT molecular complexity index is 1530. The van der Waals surface area contributed by atoms with E-state index in [-0.39, 0.29) is 39.4 Å². The molecule has 146 valence electrons. The van der Waals surface area contributed by atoms with Gasteiger partial charge in [-0.15, -0.1) is 11.6 Å². The minimum atomic E-state index is -0.336.